The molecule has 1 aliphatic rings. The number of hydrogen-bond acceptors (Lipinski definition) is 3. The van der Waals surface area contributed by atoms with E-state index >= 15 is 0 Å². The number of carbonyl (C=O) groups excluding carboxylic acids is 1. The predicted molar refractivity (Wildman–Crippen MR) is 113 cm³/mol. The molecule has 1 heterocycles. The van der Waals surface area contributed by atoms with Crippen LogP contribution in [0.5, 0.6) is 5.75 Å². The summed E-state index contributed by atoms with van der Waals surface area (Å²) in [6.45, 7) is 4.14. The first-order chi connectivity index (χ1) is 14.6. The van der Waals surface area contributed by atoms with Crippen molar-refractivity contribution in [2.75, 3.05) is 37.7 Å². The first-order valence-electron chi connectivity index (χ1n) is 10.1. The first-order valence-corrected chi connectivity index (χ1v) is 10.1. The summed E-state index contributed by atoms with van der Waals surface area (Å²) in [5, 5.41) is 6.26. The van der Waals surface area contributed by atoms with Gasteiger partial charge in [-0.15, -0.1) is 0 Å². The zero-order valence-corrected chi connectivity index (χ0v) is 17.0. The minimum atomic E-state index is -0.453. The van der Waals surface area contributed by atoms with Crippen LogP contribution in [-0.4, -0.2) is 44.7 Å². The maximum Gasteiger partial charge on any atom is 0.265 e. The highest BCUT2D eigenvalue weighted by molar-refractivity contribution is 5.97. The number of hydrogen-bond donors (Lipinski definition) is 2. The number of anilines is 1. The second-order valence-corrected chi connectivity index (χ2v) is 6.83. The topological polar surface area (TPSA) is 66.0 Å². The van der Waals surface area contributed by atoms with Gasteiger partial charge < -0.3 is 20.3 Å². The number of nitrogens with one attached hydrogen (secondary N) is 2. The summed E-state index contributed by atoms with van der Waals surface area (Å²) in [5.41, 5.74) is 1.10. The summed E-state index contributed by atoms with van der Waals surface area (Å²) >= 11 is 0. The number of fused-ring (bicyclic) bond motifs is 1. The Bertz CT molecular complexity index is 904. The second kappa shape index (κ2) is 10.6. The van der Waals surface area contributed by atoms with E-state index in [1.165, 1.54) is 6.07 Å². The fraction of sp³-hybridized carbons (Fsp3) is 0.364. The Morgan fingerprint density at radius 1 is 1.20 bits per heavy atom. The van der Waals surface area contributed by atoms with E-state index in [1.54, 1.807) is 4.90 Å². The van der Waals surface area contributed by atoms with Crippen LogP contribution >= 0.6 is 0 Å². The van der Waals surface area contributed by atoms with Gasteiger partial charge in [-0.25, -0.2) is 8.78 Å². The standard InChI is InChI=1S/C22H26F2N4O2/c1-2-25-22(27-12-10-16-14-17(23)8-9-18(16)24)26-11-5-13-28-19-6-3-4-7-20(19)30-15-21(28)29/h3-4,6-9,14H,2,5,10-13,15H2,1H3,(H2,25,26,27). The third-order valence-electron chi connectivity index (χ3n) is 4.66. The molecule has 0 bridgehead atoms. The molecular formula is C22H26F2N4O2. The van der Waals surface area contributed by atoms with Gasteiger partial charge in [0.2, 0.25) is 0 Å². The van der Waals surface area contributed by atoms with Gasteiger partial charge in [-0.2, -0.15) is 0 Å². The molecule has 8 heteroatoms. The van der Waals surface area contributed by atoms with Crippen LogP contribution in [0.3, 0.4) is 0 Å². The molecule has 0 saturated heterocycles. The molecule has 0 aliphatic carbocycles. The Morgan fingerprint density at radius 3 is 2.87 bits per heavy atom. The largest absolute Gasteiger partial charge is 0.482 e. The smallest absolute Gasteiger partial charge is 0.265 e. The quantitative estimate of drug-likeness (QED) is 0.395. The summed E-state index contributed by atoms with van der Waals surface area (Å²) in [5.74, 6) is 0.366. The molecule has 0 spiro atoms. The number of rotatable bonds is 8. The van der Waals surface area contributed by atoms with Crippen LogP contribution in [0.1, 0.15) is 18.9 Å². The summed E-state index contributed by atoms with van der Waals surface area (Å²) < 4.78 is 32.4. The van der Waals surface area contributed by atoms with Crippen LogP contribution in [-0.2, 0) is 11.2 Å². The van der Waals surface area contributed by atoms with Crippen molar-refractivity contribution in [1.82, 2.24) is 10.6 Å². The summed E-state index contributed by atoms with van der Waals surface area (Å²) in [6.07, 6.45) is 1.02. The molecule has 0 saturated carbocycles. The fourth-order valence-electron chi connectivity index (χ4n) is 3.21. The minimum absolute atomic E-state index is 0.0428. The molecule has 1 aliphatic heterocycles. The number of nitrogens with zero attached hydrogens (tertiary/aromatic N) is 2. The van der Waals surface area contributed by atoms with E-state index in [-0.39, 0.29) is 12.5 Å². The van der Waals surface area contributed by atoms with Gasteiger partial charge >= 0.3 is 0 Å². The molecule has 3 rings (SSSR count). The highest BCUT2D eigenvalue weighted by Crippen LogP contribution is 2.31. The molecule has 1 amide bonds. The SMILES string of the molecule is CCNC(=NCCCN1C(=O)COc2ccccc21)NCCc1cc(F)ccc1F. The van der Waals surface area contributed by atoms with Crippen molar-refractivity contribution in [3.8, 4) is 5.75 Å². The Balaban J connectivity index is 1.50. The molecule has 0 atom stereocenters. The summed E-state index contributed by atoms with van der Waals surface area (Å²) in [7, 11) is 0. The lowest BCUT2D eigenvalue weighted by atomic mass is 10.1. The Morgan fingerprint density at radius 2 is 2.03 bits per heavy atom. The monoisotopic (exact) mass is 416 g/mol. The van der Waals surface area contributed by atoms with Crippen molar-refractivity contribution < 1.29 is 18.3 Å². The van der Waals surface area contributed by atoms with Gasteiger partial charge in [0.1, 0.15) is 17.4 Å². The van der Waals surface area contributed by atoms with Crippen LogP contribution in [0.15, 0.2) is 47.5 Å². The lowest BCUT2D eigenvalue weighted by Gasteiger charge is -2.29. The van der Waals surface area contributed by atoms with E-state index < -0.39 is 11.6 Å². The summed E-state index contributed by atoms with van der Waals surface area (Å²) in [6, 6.07) is 10.9. The van der Waals surface area contributed by atoms with Crippen LogP contribution in [0, 0.1) is 11.6 Å². The number of para-hydroxylation sites is 2. The zero-order chi connectivity index (χ0) is 21.3. The van der Waals surface area contributed by atoms with Gasteiger partial charge in [0.15, 0.2) is 12.6 Å². The van der Waals surface area contributed by atoms with Crippen molar-refractivity contribution in [2.24, 2.45) is 4.99 Å². The van der Waals surface area contributed by atoms with E-state index in [1.807, 2.05) is 31.2 Å². The number of benzene rings is 2. The van der Waals surface area contributed by atoms with Crippen molar-refractivity contribution in [1.29, 1.82) is 0 Å². The lowest BCUT2D eigenvalue weighted by molar-refractivity contribution is -0.121. The van der Waals surface area contributed by atoms with Crippen LogP contribution in [0.4, 0.5) is 14.5 Å². The van der Waals surface area contributed by atoms with Gasteiger partial charge in [0.05, 0.1) is 5.69 Å². The van der Waals surface area contributed by atoms with Crippen molar-refractivity contribution in [3.63, 3.8) is 0 Å². The van der Waals surface area contributed by atoms with Crippen LogP contribution in [0.2, 0.25) is 0 Å². The highest BCUT2D eigenvalue weighted by Gasteiger charge is 2.24. The minimum Gasteiger partial charge on any atom is -0.482 e. The summed E-state index contributed by atoms with van der Waals surface area (Å²) in [4.78, 5) is 18.4. The number of aliphatic imine (C=N–C) groups is 1. The number of amides is 1. The van der Waals surface area contributed by atoms with E-state index in [0.717, 1.165) is 17.8 Å². The second-order valence-electron chi connectivity index (χ2n) is 6.83. The molecule has 30 heavy (non-hydrogen) atoms. The van der Waals surface area contributed by atoms with E-state index in [9.17, 15) is 13.6 Å². The van der Waals surface area contributed by atoms with Crippen LogP contribution < -0.4 is 20.3 Å². The van der Waals surface area contributed by atoms with Crippen LogP contribution in [0.25, 0.3) is 0 Å². The molecule has 0 radical (unpaired) electrons. The zero-order valence-electron chi connectivity index (χ0n) is 17.0. The number of carbonyl (C=O) groups is 1. The molecule has 6 nitrogen and oxygen atoms in total. The lowest BCUT2D eigenvalue weighted by Crippen LogP contribution is -2.40. The van der Waals surface area contributed by atoms with E-state index in [4.69, 9.17) is 4.74 Å². The van der Waals surface area contributed by atoms with E-state index in [0.29, 0.717) is 56.3 Å². The number of guanidine groups is 1. The van der Waals surface area contributed by atoms with Crippen molar-refractivity contribution >= 4 is 17.6 Å². The fourth-order valence-corrected chi connectivity index (χ4v) is 3.21. The van der Waals surface area contributed by atoms with Gasteiger partial charge in [0, 0.05) is 26.2 Å². The molecular weight excluding hydrogens is 390 g/mol. The average molecular weight is 416 g/mol. The third-order valence-corrected chi connectivity index (χ3v) is 4.66. The predicted octanol–water partition coefficient (Wildman–Crippen LogP) is 2.88. The first kappa shape index (κ1) is 21.5. The number of halogens is 2. The molecule has 0 fully saturated rings. The molecule has 0 aromatic heterocycles. The van der Waals surface area contributed by atoms with E-state index in [2.05, 4.69) is 15.6 Å². The molecule has 2 aromatic carbocycles. The molecule has 160 valence electrons. The van der Waals surface area contributed by atoms with Gasteiger partial charge in [-0.1, -0.05) is 12.1 Å². The Labute approximate surface area is 174 Å². The van der Waals surface area contributed by atoms with Gasteiger partial charge in [-0.3, -0.25) is 9.79 Å². The maximum absolute atomic E-state index is 13.7. The van der Waals surface area contributed by atoms with Crippen molar-refractivity contribution in [2.45, 2.75) is 19.8 Å². The average Bonchev–Trinajstić information content (AvgIpc) is 2.74. The third kappa shape index (κ3) is 5.68. The molecule has 0 unspecified atom stereocenters. The molecule has 2 aromatic rings. The normalized spacial score (nSPS) is 13.6. The van der Waals surface area contributed by atoms with Gasteiger partial charge in [-0.05, 0) is 55.7 Å². The Kier molecular flexibility index (Phi) is 7.59. The highest BCUT2D eigenvalue weighted by atomic mass is 19.1. The maximum atomic E-state index is 13.7. The molecule has 2 N–H and O–H groups in total. The number of ether oxygens (including phenoxy) is 1. The van der Waals surface area contributed by atoms with Crippen molar-refractivity contribution in [3.05, 3.63) is 59.7 Å². The Hall–Kier alpha value is -3.16. The van der Waals surface area contributed by atoms with Gasteiger partial charge in [0.25, 0.3) is 5.91 Å².